The summed E-state index contributed by atoms with van der Waals surface area (Å²) in [4.78, 5) is 7.75. The van der Waals surface area contributed by atoms with E-state index in [2.05, 4.69) is 25.9 Å². The van der Waals surface area contributed by atoms with Gasteiger partial charge in [-0.3, -0.25) is 0 Å². The highest BCUT2D eigenvalue weighted by Gasteiger charge is 2.33. The van der Waals surface area contributed by atoms with E-state index in [1.165, 1.54) is 6.07 Å². The lowest BCUT2D eigenvalue weighted by molar-refractivity contribution is -0.136. The van der Waals surface area contributed by atoms with Gasteiger partial charge in [0.1, 0.15) is 0 Å². The first-order chi connectivity index (χ1) is 7.39. The number of fused-ring (bicyclic) bond motifs is 1. The third-order valence-corrected chi connectivity index (χ3v) is 2.55. The molecular weight excluding hydrogens is 285 g/mol. The van der Waals surface area contributed by atoms with Gasteiger partial charge in [-0.15, -0.1) is 0 Å². The highest BCUT2D eigenvalue weighted by Crippen LogP contribution is 2.34. The van der Waals surface area contributed by atoms with Crippen molar-refractivity contribution in [1.82, 2.24) is 9.97 Å². The predicted molar refractivity (Wildman–Crippen MR) is 57.0 cm³/mol. The lowest BCUT2D eigenvalue weighted by Crippen LogP contribution is -2.07. The van der Waals surface area contributed by atoms with E-state index in [0.717, 1.165) is 6.07 Å². The molecule has 6 heteroatoms. The topological polar surface area (TPSA) is 25.8 Å². The Labute approximate surface area is 97.6 Å². The first kappa shape index (κ1) is 11.3. The molecule has 2 aromatic rings. The van der Waals surface area contributed by atoms with Crippen LogP contribution in [-0.2, 0) is 6.18 Å². The lowest BCUT2D eigenvalue weighted by atomic mass is 10.1. The first-order valence-electron chi connectivity index (χ1n) is 4.39. The van der Waals surface area contributed by atoms with E-state index < -0.39 is 11.7 Å². The minimum Gasteiger partial charge on any atom is -0.227 e. The van der Waals surface area contributed by atoms with Gasteiger partial charge in [0.25, 0.3) is 0 Å². The van der Waals surface area contributed by atoms with Crippen molar-refractivity contribution in [3.8, 4) is 0 Å². The van der Waals surface area contributed by atoms with Gasteiger partial charge >= 0.3 is 6.18 Å². The number of nitrogens with zero attached hydrogens (tertiary/aromatic N) is 2. The standard InChI is InChI=1S/C10H6BrF3N2/c1-5-6-3-2-4-7(10(12,13)14)8(6)16-9(11)15-5/h2-4H,1H3. The van der Waals surface area contributed by atoms with Crippen LogP contribution in [0.15, 0.2) is 22.9 Å². The molecule has 0 unspecified atom stereocenters. The normalized spacial score (nSPS) is 12.1. The second kappa shape index (κ2) is 3.69. The van der Waals surface area contributed by atoms with Gasteiger partial charge in [0.05, 0.1) is 11.1 Å². The highest BCUT2D eigenvalue weighted by molar-refractivity contribution is 9.10. The van der Waals surface area contributed by atoms with Crippen molar-refractivity contribution in [2.75, 3.05) is 0 Å². The largest absolute Gasteiger partial charge is 0.418 e. The summed E-state index contributed by atoms with van der Waals surface area (Å²) in [7, 11) is 0. The smallest absolute Gasteiger partial charge is 0.227 e. The zero-order valence-corrected chi connectivity index (χ0v) is 9.72. The molecule has 0 bridgehead atoms. The van der Waals surface area contributed by atoms with Crippen LogP contribution in [0.1, 0.15) is 11.3 Å². The molecule has 0 saturated carbocycles. The summed E-state index contributed by atoms with van der Waals surface area (Å²) in [6, 6.07) is 3.95. The quantitative estimate of drug-likeness (QED) is 0.691. The average molecular weight is 291 g/mol. The van der Waals surface area contributed by atoms with Crippen LogP contribution in [0, 0.1) is 6.92 Å². The number of para-hydroxylation sites is 1. The minimum atomic E-state index is -4.40. The van der Waals surface area contributed by atoms with E-state index in [9.17, 15) is 13.2 Å². The van der Waals surface area contributed by atoms with Crippen molar-refractivity contribution < 1.29 is 13.2 Å². The van der Waals surface area contributed by atoms with Gasteiger partial charge in [0.2, 0.25) is 0 Å². The van der Waals surface area contributed by atoms with Crippen molar-refractivity contribution in [3.63, 3.8) is 0 Å². The third-order valence-electron chi connectivity index (χ3n) is 2.20. The molecule has 0 amide bonds. The number of hydrogen-bond donors (Lipinski definition) is 0. The van der Waals surface area contributed by atoms with Crippen LogP contribution >= 0.6 is 15.9 Å². The van der Waals surface area contributed by atoms with E-state index in [1.807, 2.05) is 0 Å². The van der Waals surface area contributed by atoms with Crippen LogP contribution in [0.25, 0.3) is 10.9 Å². The van der Waals surface area contributed by atoms with Crippen LogP contribution < -0.4 is 0 Å². The number of aryl methyl sites for hydroxylation is 1. The molecule has 0 saturated heterocycles. The van der Waals surface area contributed by atoms with E-state index in [-0.39, 0.29) is 10.3 Å². The van der Waals surface area contributed by atoms with Crippen molar-refractivity contribution in [2.45, 2.75) is 13.1 Å². The van der Waals surface area contributed by atoms with Crippen LogP contribution in [-0.4, -0.2) is 9.97 Å². The monoisotopic (exact) mass is 290 g/mol. The molecule has 1 heterocycles. The molecule has 0 atom stereocenters. The maximum absolute atomic E-state index is 12.7. The summed E-state index contributed by atoms with van der Waals surface area (Å²) < 4.78 is 38.3. The Morgan fingerprint density at radius 3 is 2.50 bits per heavy atom. The Morgan fingerprint density at radius 2 is 1.88 bits per heavy atom. The Kier molecular flexibility index (Phi) is 2.61. The maximum atomic E-state index is 12.7. The molecule has 0 aliphatic rings. The molecule has 0 aliphatic heterocycles. The predicted octanol–water partition coefficient (Wildman–Crippen LogP) is 3.72. The van der Waals surface area contributed by atoms with Gasteiger partial charge in [0.15, 0.2) is 4.73 Å². The number of aromatic nitrogens is 2. The summed E-state index contributed by atoms with van der Waals surface area (Å²) in [5, 5.41) is 0.415. The fraction of sp³-hybridized carbons (Fsp3) is 0.200. The zero-order chi connectivity index (χ0) is 11.9. The SMILES string of the molecule is Cc1nc(Br)nc2c(C(F)(F)F)cccc12. The molecule has 16 heavy (non-hydrogen) atoms. The number of rotatable bonds is 0. The van der Waals surface area contributed by atoms with Gasteiger partial charge in [-0.05, 0) is 28.9 Å². The second-order valence-corrected chi connectivity index (χ2v) is 3.99. The van der Waals surface area contributed by atoms with E-state index in [4.69, 9.17) is 0 Å². The minimum absolute atomic E-state index is 0.0747. The summed E-state index contributed by atoms with van der Waals surface area (Å²) in [6.07, 6.45) is -4.40. The summed E-state index contributed by atoms with van der Waals surface area (Å²) >= 11 is 2.99. The van der Waals surface area contributed by atoms with Gasteiger partial charge < -0.3 is 0 Å². The van der Waals surface area contributed by atoms with E-state index in [0.29, 0.717) is 11.1 Å². The van der Waals surface area contributed by atoms with Crippen LogP contribution in [0.4, 0.5) is 13.2 Å². The molecule has 1 aromatic heterocycles. The number of hydrogen-bond acceptors (Lipinski definition) is 2. The van der Waals surface area contributed by atoms with E-state index >= 15 is 0 Å². The van der Waals surface area contributed by atoms with Crippen molar-refractivity contribution in [1.29, 1.82) is 0 Å². The molecule has 84 valence electrons. The molecule has 0 fully saturated rings. The molecular formula is C10H6BrF3N2. The van der Waals surface area contributed by atoms with Crippen molar-refractivity contribution in [2.24, 2.45) is 0 Å². The summed E-state index contributed by atoms with van der Waals surface area (Å²) in [5.74, 6) is 0. The number of halogens is 4. The molecule has 0 radical (unpaired) electrons. The van der Waals surface area contributed by atoms with Gasteiger partial charge in [-0.25, -0.2) is 9.97 Å². The van der Waals surface area contributed by atoms with Gasteiger partial charge in [0, 0.05) is 11.1 Å². The van der Waals surface area contributed by atoms with Crippen molar-refractivity contribution >= 4 is 26.8 Å². The Hall–Kier alpha value is -1.17. The van der Waals surface area contributed by atoms with Crippen molar-refractivity contribution in [3.05, 3.63) is 34.2 Å². The first-order valence-corrected chi connectivity index (χ1v) is 5.19. The zero-order valence-electron chi connectivity index (χ0n) is 8.14. The van der Waals surface area contributed by atoms with Crippen LogP contribution in [0.3, 0.4) is 0 Å². The summed E-state index contributed by atoms with van der Waals surface area (Å²) in [6.45, 7) is 1.65. The number of benzene rings is 1. The van der Waals surface area contributed by atoms with Gasteiger partial charge in [-0.1, -0.05) is 12.1 Å². The Morgan fingerprint density at radius 1 is 1.19 bits per heavy atom. The molecule has 1 aromatic carbocycles. The highest BCUT2D eigenvalue weighted by atomic mass is 79.9. The molecule has 0 N–H and O–H groups in total. The molecule has 0 aliphatic carbocycles. The lowest BCUT2D eigenvalue weighted by Gasteiger charge is -2.10. The van der Waals surface area contributed by atoms with Crippen LogP contribution in [0.2, 0.25) is 0 Å². The number of alkyl halides is 3. The molecule has 2 rings (SSSR count). The third kappa shape index (κ3) is 1.89. The van der Waals surface area contributed by atoms with Gasteiger partial charge in [-0.2, -0.15) is 13.2 Å². The van der Waals surface area contributed by atoms with E-state index in [1.54, 1.807) is 13.0 Å². The van der Waals surface area contributed by atoms with Crippen LogP contribution in [0.5, 0.6) is 0 Å². The second-order valence-electron chi connectivity index (χ2n) is 3.28. The fourth-order valence-electron chi connectivity index (χ4n) is 1.50. The Bertz CT molecular complexity index is 551. The Balaban J connectivity index is 2.87. The fourth-order valence-corrected chi connectivity index (χ4v) is 1.94. The summed E-state index contributed by atoms with van der Waals surface area (Å²) in [5.41, 5.74) is -0.298. The molecule has 0 spiro atoms. The average Bonchev–Trinajstić information content (AvgIpc) is 2.15. The maximum Gasteiger partial charge on any atom is 0.418 e. The molecule has 2 nitrogen and oxygen atoms in total.